The molecule has 0 spiro atoms. The Hall–Kier alpha value is -2.82. The number of imidazole rings is 1. The topological polar surface area (TPSA) is 46.0 Å². The summed E-state index contributed by atoms with van der Waals surface area (Å²) < 4.78 is 2.02. The molecule has 2 aromatic rings. The molecule has 2 heterocycles. The largest absolute Gasteiger partial charge is 0.383 e. The zero-order valence-electron chi connectivity index (χ0n) is 16.1. The van der Waals surface area contributed by atoms with E-state index >= 15 is 0 Å². The van der Waals surface area contributed by atoms with Crippen LogP contribution in [-0.4, -0.2) is 33.5 Å². The van der Waals surface area contributed by atoms with Gasteiger partial charge in [-0.15, -0.1) is 0 Å². The fraction of sp³-hybridized carbons (Fsp3) is 0.300. The molecule has 0 aliphatic heterocycles. The maximum absolute atomic E-state index is 4.52. The number of nitrogens with zero attached hydrogens (tertiary/aromatic N) is 4. The number of allylic oxidation sites excluding steroid dienone is 2. The smallest absolute Gasteiger partial charge is 0.160 e. The van der Waals surface area contributed by atoms with Gasteiger partial charge < -0.3 is 10.2 Å². The molecule has 0 unspecified atom stereocenters. The lowest BCUT2D eigenvalue weighted by atomic mass is 10.2. The van der Waals surface area contributed by atoms with Crippen LogP contribution >= 0.6 is 0 Å². The third-order valence-corrected chi connectivity index (χ3v) is 3.16. The van der Waals surface area contributed by atoms with E-state index in [9.17, 15) is 0 Å². The molecule has 0 saturated heterocycles. The van der Waals surface area contributed by atoms with Crippen LogP contribution in [0.25, 0.3) is 17.5 Å². The van der Waals surface area contributed by atoms with Gasteiger partial charge in [0.25, 0.3) is 0 Å². The Balaban J connectivity index is 0.00000151. The third-order valence-electron chi connectivity index (χ3n) is 3.16. The Morgan fingerprint density at radius 3 is 2.52 bits per heavy atom. The third kappa shape index (κ3) is 5.64. The van der Waals surface area contributed by atoms with Crippen LogP contribution in [0.2, 0.25) is 0 Å². The van der Waals surface area contributed by atoms with Crippen molar-refractivity contribution in [2.75, 3.05) is 19.4 Å². The normalized spacial score (nSPS) is 11.0. The molecule has 5 heteroatoms. The Labute approximate surface area is 151 Å². The first kappa shape index (κ1) is 20.2. The SMILES string of the molecule is C=C(Nc1ccccn1)c1ncc(/C(C)=C/N(C)C)n1/C=C\C.CC. The summed E-state index contributed by atoms with van der Waals surface area (Å²) in [5.74, 6) is 1.50. The lowest BCUT2D eigenvalue weighted by Gasteiger charge is -2.12. The molecule has 0 aromatic carbocycles. The van der Waals surface area contributed by atoms with E-state index in [0.29, 0.717) is 5.70 Å². The number of hydrogen-bond donors (Lipinski definition) is 1. The van der Waals surface area contributed by atoms with Crippen LogP contribution in [0.1, 0.15) is 39.2 Å². The Kier molecular flexibility index (Phi) is 8.19. The second-order valence-corrected chi connectivity index (χ2v) is 5.41. The number of aromatic nitrogens is 3. The molecule has 25 heavy (non-hydrogen) atoms. The molecule has 1 N–H and O–H groups in total. The minimum Gasteiger partial charge on any atom is -0.383 e. The second-order valence-electron chi connectivity index (χ2n) is 5.41. The van der Waals surface area contributed by atoms with Crippen molar-refractivity contribution in [3.63, 3.8) is 0 Å². The molecule has 0 bridgehead atoms. The molecule has 134 valence electrons. The van der Waals surface area contributed by atoms with Crippen LogP contribution in [0.15, 0.2) is 49.4 Å². The molecule has 0 aliphatic rings. The zero-order chi connectivity index (χ0) is 18.8. The number of hydrogen-bond acceptors (Lipinski definition) is 4. The van der Waals surface area contributed by atoms with E-state index in [1.165, 1.54) is 0 Å². The van der Waals surface area contributed by atoms with Gasteiger partial charge in [0.2, 0.25) is 0 Å². The fourth-order valence-electron chi connectivity index (χ4n) is 2.28. The van der Waals surface area contributed by atoms with Crippen LogP contribution in [-0.2, 0) is 0 Å². The van der Waals surface area contributed by atoms with Crippen molar-refractivity contribution in [1.82, 2.24) is 19.4 Å². The average molecular weight is 339 g/mol. The van der Waals surface area contributed by atoms with Gasteiger partial charge in [-0.1, -0.05) is 32.6 Å². The fourth-order valence-corrected chi connectivity index (χ4v) is 2.28. The molecule has 2 rings (SSSR count). The number of nitrogens with one attached hydrogen (secondary N) is 1. The van der Waals surface area contributed by atoms with Gasteiger partial charge in [0.15, 0.2) is 5.82 Å². The van der Waals surface area contributed by atoms with Gasteiger partial charge >= 0.3 is 0 Å². The number of anilines is 1. The summed E-state index contributed by atoms with van der Waals surface area (Å²) in [4.78, 5) is 10.8. The van der Waals surface area contributed by atoms with Crippen LogP contribution in [0, 0.1) is 0 Å². The van der Waals surface area contributed by atoms with Crippen molar-refractivity contribution >= 4 is 23.3 Å². The number of pyridine rings is 1. The van der Waals surface area contributed by atoms with E-state index in [0.717, 1.165) is 22.9 Å². The van der Waals surface area contributed by atoms with E-state index in [4.69, 9.17) is 0 Å². The van der Waals surface area contributed by atoms with Gasteiger partial charge in [0.05, 0.1) is 17.6 Å². The van der Waals surface area contributed by atoms with E-state index in [-0.39, 0.29) is 0 Å². The van der Waals surface area contributed by atoms with Gasteiger partial charge in [0, 0.05) is 32.7 Å². The summed E-state index contributed by atoms with van der Waals surface area (Å²) in [6, 6.07) is 5.70. The first-order valence-electron chi connectivity index (χ1n) is 8.45. The molecule has 0 saturated carbocycles. The summed E-state index contributed by atoms with van der Waals surface area (Å²) in [5, 5.41) is 3.20. The average Bonchev–Trinajstić information content (AvgIpc) is 3.01. The highest BCUT2D eigenvalue weighted by Gasteiger charge is 2.13. The van der Waals surface area contributed by atoms with E-state index < -0.39 is 0 Å². The maximum atomic E-state index is 4.52. The van der Waals surface area contributed by atoms with Gasteiger partial charge in [-0.2, -0.15) is 0 Å². The lowest BCUT2D eigenvalue weighted by Crippen LogP contribution is -2.07. The summed E-state index contributed by atoms with van der Waals surface area (Å²) in [7, 11) is 4.00. The predicted octanol–water partition coefficient (Wildman–Crippen LogP) is 4.80. The first-order chi connectivity index (χ1) is 12.0. The minimum atomic E-state index is 0.700. The van der Waals surface area contributed by atoms with Gasteiger partial charge in [0.1, 0.15) is 5.82 Å². The molecular weight excluding hydrogens is 310 g/mol. The maximum Gasteiger partial charge on any atom is 0.160 e. The Morgan fingerprint density at radius 1 is 1.24 bits per heavy atom. The molecule has 0 fully saturated rings. The van der Waals surface area contributed by atoms with Crippen molar-refractivity contribution in [2.45, 2.75) is 27.7 Å². The quantitative estimate of drug-likeness (QED) is 0.821. The molecule has 0 amide bonds. The molecular formula is C20H29N5. The molecule has 0 atom stereocenters. The van der Waals surface area contributed by atoms with E-state index in [2.05, 4.69) is 35.0 Å². The van der Waals surface area contributed by atoms with Crippen LogP contribution in [0.5, 0.6) is 0 Å². The van der Waals surface area contributed by atoms with Crippen molar-refractivity contribution in [3.05, 3.63) is 61.0 Å². The highest BCUT2D eigenvalue weighted by Crippen LogP contribution is 2.21. The standard InChI is InChI=1S/C18H23N5.C2H6/c1-6-11-23-16(14(2)13-22(4)5)12-20-18(23)15(3)21-17-9-7-8-10-19-17;1-2/h6-13H,3H2,1-2,4-5H3,(H,19,21);1-2H3/b11-6-,14-13+;. The summed E-state index contributed by atoms with van der Waals surface area (Å²) in [6.07, 6.45) is 9.62. The van der Waals surface area contributed by atoms with Crippen LogP contribution in [0.3, 0.4) is 0 Å². The molecule has 2 aromatic heterocycles. The Morgan fingerprint density at radius 2 is 1.96 bits per heavy atom. The predicted molar refractivity (Wildman–Crippen MR) is 109 cm³/mol. The summed E-state index contributed by atoms with van der Waals surface area (Å²) in [5.41, 5.74) is 2.85. The zero-order valence-corrected chi connectivity index (χ0v) is 16.1. The minimum absolute atomic E-state index is 0.700. The summed E-state index contributed by atoms with van der Waals surface area (Å²) >= 11 is 0. The van der Waals surface area contributed by atoms with Gasteiger partial charge in [-0.25, -0.2) is 9.97 Å². The highest BCUT2D eigenvalue weighted by molar-refractivity contribution is 5.73. The van der Waals surface area contributed by atoms with Crippen LogP contribution < -0.4 is 5.32 Å². The van der Waals surface area contributed by atoms with Gasteiger partial charge in [-0.3, -0.25) is 4.57 Å². The summed E-state index contributed by atoms with van der Waals surface area (Å²) in [6.45, 7) is 12.1. The van der Waals surface area contributed by atoms with Crippen molar-refractivity contribution < 1.29 is 0 Å². The molecule has 0 radical (unpaired) electrons. The van der Waals surface area contributed by atoms with Crippen molar-refractivity contribution in [2.24, 2.45) is 0 Å². The molecule has 5 nitrogen and oxygen atoms in total. The molecule has 0 aliphatic carbocycles. The Bertz CT molecular complexity index is 724. The lowest BCUT2D eigenvalue weighted by molar-refractivity contribution is 0.565. The highest BCUT2D eigenvalue weighted by atomic mass is 15.1. The first-order valence-corrected chi connectivity index (χ1v) is 8.45. The van der Waals surface area contributed by atoms with E-state index in [1.54, 1.807) is 6.20 Å². The van der Waals surface area contributed by atoms with Crippen molar-refractivity contribution in [1.29, 1.82) is 0 Å². The van der Waals surface area contributed by atoms with E-state index in [1.807, 2.05) is 81.0 Å². The monoisotopic (exact) mass is 339 g/mol. The number of rotatable bonds is 6. The van der Waals surface area contributed by atoms with Gasteiger partial charge in [-0.05, 0) is 31.6 Å². The van der Waals surface area contributed by atoms with Crippen LogP contribution in [0.4, 0.5) is 5.82 Å². The second kappa shape index (κ2) is 10.1. The van der Waals surface area contributed by atoms with Crippen molar-refractivity contribution in [3.8, 4) is 0 Å².